The van der Waals surface area contributed by atoms with Crippen molar-refractivity contribution >= 4 is 0 Å². The number of likely N-dealkylation sites (tertiary alicyclic amines) is 1. The molecule has 2 atom stereocenters. The van der Waals surface area contributed by atoms with E-state index in [1.54, 1.807) is 7.11 Å². The van der Waals surface area contributed by atoms with E-state index in [0.717, 1.165) is 18.7 Å². The standard InChI is InChI=1S/C16H21N3O2/c1-11-7-15(13-5-4-6-14(8-13)20-3)19(9-11)10-16-18-17-12(2)21-16/h4-6,8,11,15H,7,9-10H2,1-3H3. The molecule has 0 bridgehead atoms. The highest BCUT2D eigenvalue weighted by atomic mass is 16.5. The van der Waals surface area contributed by atoms with E-state index in [2.05, 4.69) is 34.2 Å². The average molecular weight is 287 g/mol. The Labute approximate surface area is 124 Å². The van der Waals surface area contributed by atoms with Crippen LogP contribution in [0.25, 0.3) is 0 Å². The highest BCUT2D eigenvalue weighted by Crippen LogP contribution is 2.37. The molecule has 5 heteroatoms. The number of aromatic nitrogens is 2. The molecule has 21 heavy (non-hydrogen) atoms. The summed E-state index contributed by atoms with van der Waals surface area (Å²) in [4.78, 5) is 2.41. The highest BCUT2D eigenvalue weighted by Gasteiger charge is 2.31. The maximum atomic E-state index is 5.52. The third-order valence-corrected chi connectivity index (χ3v) is 4.00. The van der Waals surface area contributed by atoms with Crippen molar-refractivity contribution in [1.29, 1.82) is 0 Å². The fraction of sp³-hybridized carbons (Fsp3) is 0.500. The van der Waals surface area contributed by atoms with Gasteiger partial charge in [0.1, 0.15) is 5.75 Å². The van der Waals surface area contributed by atoms with Gasteiger partial charge in [-0.25, -0.2) is 0 Å². The molecule has 1 saturated heterocycles. The lowest BCUT2D eigenvalue weighted by Crippen LogP contribution is -2.23. The molecule has 0 N–H and O–H groups in total. The second kappa shape index (κ2) is 5.85. The van der Waals surface area contributed by atoms with Crippen molar-refractivity contribution in [2.75, 3.05) is 13.7 Å². The van der Waals surface area contributed by atoms with Gasteiger partial charge in [0.25, 0.3) is 0 Å². The monoisotopic (exact) mass is 287 g/mol. The number of benzene rings is 1. The summed E-state index contributed by atoms with van der Waals surface area (Å²) >= 11 is 0. The molecule has 112 valence electrons. The molecular formula is C16H21N3O2. The van der Waals surface area contributed by atoms with Gasteiger partial charge in [-0.3, -0.25) is 4.90 Å². The van der Waals surface area contributed by atoms with E-state index in [1.165, 1.54) is 5.56 Å². The second-order valence-corrected chi connectivity index (χ2v) is 5.78. The van der Waals surface area contributed by atoms with Crippen LogP contribution in [0.5, 0.6) is 5.75 Å². The van der Waals surface area contributed by atoms with Crippen LogP contribution in [0.1, 0.15) is 36.7 Å². The summed E-state index contributed by atoms with van der Waals surface area (Å²) in [5.74, 6) is 2.87. The molecule has 0 saturated carbocycles. The normalized spacial score (nSPS) is 22.6. The molecule has 2 heterocycles. The molecule has 0 amide bonds. The van der Waals surface area contributed by atoms with Crippen molar-refractivity contribution in [2.24, 2.45) is 5.92 Å². The SMILES string of the molecule is COc1cccc(C2CC(C)CN2Cc2nnc(C)o2)c1. The van der Waals surface area contributed by atoms with Crippen LogP contribution in [0.2, 0.25) is 0 Å². The lowest BCUT2D eigenvalue weighted by molar-refractivity contribution is 0.219. The Morgan fingerprint density at radius 2 is 2.24 bits per heavy atom. The van der Waals surface area contributed by atoms with Crippen molar-refractivity contribution in [1.82, 2.24) is 15.1 Å². The molecule has 2 unspecified atom stereocenters. The summed E-state index contributed by atoms with van der Waals surface area (Å²) in [5, 5.41) is 8.02. The summed E-state index contributed by atoms with van der Waals surface area (Å²) in [6.07, 6.45) is 1.14. The van der Waals surface area contributed by atoms with E-state index < -0.39 is 0 Å². The van der Waals surface area contributed by atoms with Gasteiger partial charge >= 0.3 is 0 Å². The first-order chi connectivity index (χ1) is 10.2. The fourth-order valence-corrected chi connectivity index (χ4v) is 3.08. The number of hydrogen-bond acceptors (Lipinski definition) is 5. The first kappa shape index (κ1) is 14.1. The molecule has 0 aliphatic carbocycles. The van der Waals surface area contributed by atoms with Gasteiger partial charge in [0.05, 0.1) is 13.7 Å². The van der Waals surface area contributed by atoms with Crippen LogP contribution in [0.3, 0.4) is 0 Å². The Morgan fingerprint density at radius 1 is 1.38 bits per heavy atom. The number of aryl methyl sites for hydroxylation is 1. The molecule has 1 aliphatic rings. The number of methoxy groups -OCH3 is 1. The van der Waals surface area contributed by atoms with E-state index in [0.29, 0.717) is 30.3 Å². The third-order valence-electron chi connectivity index (χ3n) is 4.00. The second-order valence-electron chi connectivity index (χ2n) is 5.78. The zero-order chi connectivity index (χ0) is 14.8. The lowest BCUT2D eigenvalue weighted by Gasteiger charge is -2.23. The Morgan fingerprint density at radius 3 is 2.95 bits per heavy atom. The minimum Gasteiger partial charge on any atom is -0.497 e. The molecule has 1 aromatic heterocycles. The predicted octanol–water partition coefficient (Wildman–Crippen LogP) is 2.97. The lowest BCUT2D eigenvalue weighted by atomic mass is 10.0. The van der Waals surface area contributed by atoms with Gasteiger partial charge < -0.3 is 9.15 Å². The van der Waals surface area contributed by atoms with Gasteiger partial charge in [0, 0.05) is 19.5 Å². The number of hydrogen-bond donors (Lipinski definition) is 0. The Bertz CT molecular complexity index is 611. The largest absolute Gasteiger partial charge is 0.497 e. The molecule has 1 fully saturated rings. The van der Waals surface area contributed by atoms with Crippen LogP contribution < -0.4 is 4.74 Å². The van der Waals surface area contributed by atoms with Crippen molar-refractivity contribution in [3.05, 3.63) is 41.6 Å². The Balaban J connectivity index is 1.81. The van der Waals surface area contributed by atoms with Crippen LogP contribution in [-0.4, -0.2) is 28.8 Å². The topological polar surface area (TPSA) is 51.4 Å². The summed E-state index contributed by atoms with van der Waals surface area (Å²) < 4.78 is 10.9. The van der Waals surface area contributed by atoms with Crippen LogP contribution in [0, 0.1) is 12.8 Å². The van der Waals surface area contributed by atoms with E-state index in [4.69, 9.17) is 9.15 Å². The molecule has 1 aliphatic heterocycles. The van der Waals surface area contributed by atoms with Gasteiger partial charge in [-0.15, -0.1) is 10.2 Å². The molecule has 2 aromatic rings. The maximum Gasteiger partial charge on any atom is 0.230 e. The third kappa shape index (κ3) is 3.08. The van der Waals surface area contributed by atoms with Crippen LogP contribution in [0.15, 0.2) is 28.7 Å². The fourth-order valence-electron chi connectivity index (χ4n) is 3.08. The summed E-state index contributed by atoms with van der Waals surface area (Å²) in [6, 6.07) is 8.69. The predicted molar refractivity (Wildman–Crippen MR) is 79.0 cm³/mol. The smallest absolute Gasteiger partial charge is 0.230 e. The molecule has 5 nitrogen and oxygen atoms in total. The van der Waals surface area contributed by atoms with Crippen molar-refractivity contribution in [2.45, 2.75) is 32.9 Å². The highest BCUT2D eigenvalue weighted by molar-refractivity contribution is 5.31. The zero-order valence-electron chi connectivity index (χ0n) is 12.7. The van der Waals surface area contributed by atoms with Crippen LogP contribution in [-0.2, 0) is 6.54 Å². The average Bonchev–Trinajstić information content (AvgIpc) is 3.05. The van der Waals surface area contributed by atoms with Gasteiger partial charge in [-0.2, -0.15) is 0 Å². The van der Waals surface area contributed by atoms with E-state index in [1.807, 2.05) is 19.1 Å². The molecule has 0 spiro atoms. The first-order valence-corrected chi connectivity index (χ1v) is 7.32. The number of rotatable bonds is 4. The number of ether oxygens (including phenoxy) is 1. The van der Waals surface area contributed by atoms with Gasteiger partial charge in [-0.1, -0.05) is 19.1 Å². The Hall–Kier alpha value is -1.88. The molecule has 3 rings (SSSR count). The van der Waals surface area contributed by atoms with Gasteiger partial charge in [0.2, 0.25) is 11.8 Å². The first-order valence-electron chi connectivity index (χ1n) is 7.32. The maximum absolute atomic E-state index is 5.52. The minimum absolute atomic E-state index is 0.377. The Kier molecular flexibility index (Phi) is 3.92. The van der Waals surface area contributed by atoms with Crippen LogP contribution in [0.4, 0.5) is 0 Å². The molecule has 1 aromatic carbocycles. The number of nitrogens with zero attached hydrogens (tertiary/aromatic N) is 3. The van der Waals surface area contributed by atoms with Gasteiger partial charge in [-0.05, 0) is 30.0 Å². The van der Waals surface area contributed by atoms with Crippen molar-refractivity contribution in [3.63, 3.8) is 0 Å². The van der Waals surface area contributed by atoms with E-state index >= 15 is 0 Å². The zero-order valence-corrected chi connectivity index (χ0v) is 12.7. The van der Waals surface area contributed by atoms with Crippen molar-refractivity contribution < 1.29 is 9.15 Å². The summed E-state index contributed by atoms with van der Waals surface area (Å²) in [5.41, 5.74) is 1.29. The van der Waals surface area contributed by atoms with Crippen LogP contribution >= 0.6 is 0 Å². The minimum atomic E-state index is 0.377. The molecule has 0 radical (unpaired) electrons. The molecular weight excluding hydrogens is 266 g/mol. The van der Waals surface area contributed by atoms with Crippen molar-refractivity contribution in [3.8, 4) is 5.75 Å². The van der Waals surface area contributed by atoms with E-state index in [9.17, 15) is 0 Å². The summed E-state index contributed by atoms with van der Waals surface area (Å²) in [7, 11) is 1.70. The van der Waals surface area contributed by atoms with Gasteiger partial charge in [0.15, 0.2) is 0 Å². The summed E-state index contributed by atoms with van der Waals surface area (Å²) in [6.45, 7) is 5.85. The van der Waals surface area contributed by atoms with E-state index in [-0.39, 0.29) is 0 Å². The quantitative estimate of drug-likeness (QED) is 0.865.